The first-order chi connectivity index (χ1) is 8.13. The predicted molar refractivity (Wildman–Crippen MR) is 68.8 cm³/mol. The lowest BCUT2D eigenvalue weighted by Gasteiger charge is -2.18. The van der Waals surface area contributed by atoms with Gasteiger partial charge in [-0.2, -0.15) is 0 Å². The Morgan fingerprint density at radius 2 is 2.24 bits per heavy atom. The molecule has 1 aromatic rings. The quantitative estimate of drug-likeness (QED) is 0.886. The number of likely N-dealkylation sites (N-methyl/N-ethyl adjacent to an activating group) is 1. The third kappa shape index (κ3) is 2.53. The molecule has 0 aliphatic carbocycles. The molecule has 0 bridgehead atoms. The van der Waals surface area contributed by atoms with Crippen LogP contribution in [0.1, 0.15) is 11.1 Å². The third-order valence-electron chi connectivity index (χ3n) is 3.01. The van der Waals surface area contributed by atoms with Crippen LogP contribution in [0.3, 0.4) is 0 Å². The second-order valence-electron chi connectivity index (χ2n) is 4.05. The first kappa shape index (κ1) is 12.6. The van der Waals surface area contributed by atoms with Crippen LogP contribution in [-0.2, 0) is 6.42 Å². The molecule has 0 saturated heterocycles. The first-order valence-corrected chi connectivity index (χ1v) is 6.52. The summed E-state index contributed by atoms with van der Waals surface area (Å²) in [7, 11) is 1.53. The number of benzene rings is 1. The number of fused-ring (bicyclic) bond motifs is 1. The molecule has 1 heterocycles. The van der Waals surface area contributed by atoms with E-state index in [0.29, 0.717) is 5.57 Å². The Balaban J connectivity index is 2.25. The number of nitrogens with one attached hydrogen (secondary N) is 1. The first-order valence-electron chi connectivity index (χ1n) is 5.54. The molecular weight excluding hydrogens is 240 g/mol. The van der Waals surface area contributed by atoms with Crippen LogP contribution in [-0.4, -0.2) is 25.3 Å². The summed E-state index contributed by atoms with van der Waals surface area (Å²) in [5.41, 5.74) is 2.57. The monoisotopic (exact) mass is 255 g/mol. The largest absolute Gasteiger partial charge is 0.308 e. The van der Waals surface area contributed by atoms with Gasteiger partial charge in [0.25, 0.3) is 6.43 Å². The van der Waals surface area contributed by atoms with Crippen molar-refractivity contribution in [2.75, 3.05) is 12.8 Å². The highest BCUT2D eigenvalue weighted by molar-refractivity contribution is 7.99. The standard InChI is InChI=1S/C13H15F2NS/c1-8(12(16-2)13(14)15)10-4-3-9-5-6-17-11(9)7-10/h3-4,7,12-13,16H,1,5-6H2,2H3. The molecule has 1 unspecified atom stereocenters. The molecular formula is C13H15F2NS. The number of aryl methyl sites for hydroxylation is 1. The van der Waals surface area contributed by atoms with Crippen molar-refractivity contribution in [3.63, 3.8) is 0 Å². The lowest BCUT2D eigenvalue weighted by atomic mass is 9.99. The molecule has 0 aromatic heterocycles. The van der Waals surface area contributed by atoms with Gasteiger partial charge >= 0.3 is 0 Å². The maximum absolute atomic E-state index is 12.8. The van der Waals surface area contributed by atoms with E-state index in [0.717, 1.165) is 17.7 Å². The van der Waals surface area contributed by atoms with Crippen molar-refractivity contribution in [1.29, 1.82) is 0 Å². The molecule has 0 radical (unpaired) electrons. The zero-order valence-electron chi connectivity index (χ0n) is 9.67. The fourth-order valence-corrected chi connectivity index (χ4v) is 3.11. The number of rotatable bonds is 4. The lowest BCUT2D eigenvalue weighted by molar-refractivity contribution is 0.125. The summed E-state index contributed by atoms with van der Waals surface area (Å²) in [6.45, 7) is 3.79. The average molecular weight is 255 g/mol. The van der Waals surface area contributed by atoms with E-state index in [2.05, 4.69) is 11.9 Å². The second-order valence-corrected chi connectivity index (χ2v) is 5.18. The van der Waals surface area contributed by atoms with Gasteiger partial charge in [-0.1, -0.05) is 18.7 Å². The topological polar surface area (TPSA) is 12.0 Å². The lowest BCUT2D eigenvalue weighted by Crippen LogP contribution is -2.33. The molecule has 0 amide bonds. The molecule has 0 fully saturated rings. The number of hydrogen-bond donors (Lipinski definition) is 1. The summed E-state index contributed by atoms with van der Waals surface area (Å²) in [6.07, 6.45) is -1.37. The third-order valence-corrected chi connectivity index (χ3v) is 4.10. The SMILES string of the molecule is C=C(c1ccc2c(c1)SCC2)C(NC)C(F)F. The highest BCUT2D eigenvalue weighted by Crippen LogP contribution is 2.34. The summed E-state index contributed by atoms with van der Waals surface area (Å²) in [6, 6.07) is 4.91. The molecule has 17 heavy (non-hydrogen) atoms. The zero-order chi connectivity index (χ0) is 12.4. The van der Waals surface area contributed by atoms with E-state index in [1.54, 1.807) is 11.8 Å². The van der Waals surface area contributed by atoms with Crippen LogP contribution in [0.4, 0.5) is 8.78 Å². The molecule has 0 saturated carbocycles. The van der Waals surface area contributed by atoms with Crippen molar-refractivity contribution < 1.29 is 8.78 Å². The van der Waals surface area contributed by atoms with Crippen LogP contribution < -0.4 is 5.32 Å². The van der Waals surface area contributed by atoms with E-state index in [1.165, 1.54) is 17.5 Å². The van der Waals surface area contributed by atoms with Gasteiger partial charge in [-0.15, -0.1) is 11.8 Å². The molecule has 1 aliphatic heterocycles. The Labute approximate surface area is 104 Å². The summed E-state index contributed by atoms with van der Waals surface area (Å²) >= 11 is 1.78. The molecule has 92 valence electrons. The zero-order valence-corrected chi connectivity index (χ0v) is 10.5. The molecule has 1 N–H and O–H groups in total. The Morgan fingerprint density at radius 3 is 2.88 bits per heavy atom. The van der Waals surface area contributed by atoms with Crippen LogP contribution in [0, 0.1) is 0 Å². The van der Waals surface area contributed by atoms with Gasteiger partial charge in [-0.3, -0.25) is 0 Å². The Hall–Kier alpha value is -0.870. The smallest absolute Gasteiger partial charge is 0.257 e. The van der Waals surface area contributed by atoms with Crippen molar-refractivity contribution in [2.45, 2.75) is 23.8 Å². The van der Waals surface area contributed by atoms with Crippen LogP contribution in [0.5, 0.6) is 0 Å². The minimum absolute atomic E-state index is 0.456. The van der Waals surface area contributed by atoms with E-state index in [1.807, 2.05) is 18.2 Å². The maximum atomic E-state index is 12.8. The van der Waals surface area contributed by atoms with Gasteiger partial charge in [0.1, 0.15) is 0 Å². The van der Waals surface area contributed by atoms with E-state index >= 15 is 0 Å². The number of alkyl halides is 2. The highest BCUT2D eigenvalue weighted by Gasteiger charge is 2.23. The van der Waals surface area contributed by atoms with Gasteiger partial charge in [-0.25, -0.2) is 8.78 Å². The van der Waals surface area contributed by atoms with Crippen molar-refractivity contribution in [3.8, 4) is 0 Å². The molecule has 0 spiro atoms. The van der Waals surface area contributed by atoms with Gasteiger partial charge in [0, 0.05) is 10.6 Å². The number of thioether (sulfide) groups is 1. The molecule has 1 nitrogen and oxygen atoms in total. The number of halogens is 2. The molecule has 1 aliphatic rings. The van der Waals surface area contributed by atoms with E-state index in [-0.39, 0.29) is 0 Å². The maximum Gasteiger partial charge on any atom is 0.257 e. The fourth-order valence-electron chi connectivity index (χ4n) is 2.00. The normalized spacial score (nSPS) is 16.0. The summed E-state index contributed by atoms with van der Waals surface area (Å²) in [4.78, 5) is 1.20. The van der Waals surface area contributed by atoms with E-state index in [4.69, 9.17) is 0 Å². The van der Waals surface area contributed by atoms with Crippen molar-refractivity contribution in [3.05, 3.63) is 35.9 Å². The Kier molecular flexibility index (Phi) is 3.84. The second kappa shape index (κ2) is 5.19. The van der Waals surface area contributed by atoms with Gasteiger partial charge in [0.15, 0.2) is 0 Å². The summed E-state index contributed by atoms with van der Waals surface area (Å²) < 4.78 is 25.6. The van der Waals surface area contributed by atoms with Crippen LogP contribution in [0.2, 0.25) is 0 Å². The minimum atomic E-state index is -2.44. The highest BCUT2D eigenvalue weighted by atomic mass is 32.2. The van der Waals surface area contributed by atoms with Crippen LogP contribution >= 0.6 is 11.8 Å². The van der Waals surface area contributed by atoms with Gasteiger partial charge in [0.2, 0.25) is 0 Å². The Bertz CT molecular complexity index is 431. The van der Waals surface area contributed by atoms with Crippen molar-refractivity contribution in [1.82, 2.24) is 5.32 Å². The average Bonchev–Trinajstić information content (AvgIpc) is 2.75. The molecule has 1 atom stereocenters. The van der Waals surface area contributed by atoms with E-state index < -0.39 is 12.5 Å². The summed E-state index contributed by atoms with van der Waals surface area (Å²) in [5, 5.41) is 2.61. The number of hydrogen-bond acceptors (Lipinski definition) is 2. The fraction of sp³-hybridized carbons (Fsp3) is 0.385. The molecule has 1 aromatic carbocycles. The van der Waals surface area contributed by atoms with Gasteiger partial charge in [-0.05, 0) is 36.2 Å². The van der Waals surface area contributed by atoms with Crippen molar-refractivity contribution >= 4 is 17.3 Å². The molecule has 4 heteroatoms. The van der Waals surface area contributed by atoms with Crippen LogP contribution in [0.15, 0.2) is 29.7 Å². The minimum Gasteiger partial charge on any atom is -0.308 e. The van der Waals surface area contributed by atoms with Gasteiger partial charge < -0.3 is 5.32 Å². The van der Waals surface area contributed by atoms with Crippen molar-refractivity contribution in [2.24, 2.45) is 0 Å². The Morgan fingerprint density at radius 1 is 1.47 bits per heavy atom. The van der Waals surface area contributed by atoms with E-state index in [9.17, 15) is 8.78 Å². The predicted octanol–water partition coefficient (Wildman–Crippen LogP) is 3.20. The van der Waals surface area contributed by atoms with Gasteiger partial charge in [0.05, 0.1) is 6.04 Å². The summed E-state index contributed by atoms with van der Waals surface area (Å²) in [5.74, 6) is 1.08. The molecule has 2 rings (SSSR count). The van der Waals surface area contributed by atoms with Crippen LogP contribution in [0.25, 0.3) is 5.57 Å².